The van der Waals surface area contributed by atoms with Gasteiger partial charge < -0.3 is 5.11 Å². The Morgan fingerprint density at radius 3 is 2.15 bits per heavy atom. The smallest absolute Gasteiger partial charge is 0.0439 e. The number of benzene rings is 1. The molecular weight excluding hydrogens is 160 g/mol. The molecule has 1 aromatic carbocycles. The van der Waals surface area contributed by atoms with Gasteiger partial charge in [-0.1, -0.05) is 43.7 Å². The summed E-state index contributed by atoms with van der Waals surface area (Å²) in [6.45, 7) is 6.66. The van der Waals surface area contributed by atoms with E-state index in [0.29, 0.717) is 0 Å². The van der Waals surface area contributed by atoms with Gasteiger partial charge >= 0.3 is 0 Å². The molecule has 0 spiro atoms. The lowest BCUT2D eigenvalue weighted by Crippen LogP contribution is -2.18. The van der Waals surface area contributed by atoms with E-state index in [1.165, 1.54) is 11.1 Å². The van der Waals surface area contributed by atoms with Crippen LogP contribution >= 0.6 is 0 Å². The second-order valence-corrected chi connectivity index (χ2v) is 4.22. The minimum atomic E-state index is 0.0858. The van der Waals surface area contributed by atoms with E-state index in [1.807, 2.05) is 0 Å². The van der Waals surface area contributed by atoms with E-state index in [1.54, 1.807) is 0 Å². The van der Waals surface area contributed by atoms with Crippen molar-refractivity contribution in [1.82, 2.24) is 0 Å². The van der Waals surface area contributed by atoms with Crippen molar-refractivity contribution in [1.29, 1.82) is 0 Å². The predicted molar refractivity (Wildman–Crippen MR) is 55.9 cm³/mol. The minimum absolute atomic E-state index is 0.0858. The SMILES string of the molecule is Cc1ccc(C(C)(C)CCO)cc1. The Kier molecular flexibility index (Phi) is 3.10. The Morgan fingerprint density at radius 2 is 1.69 bits per heavy atom. The minimum Gasteiger partial charge on any atom is -0.396 e. The second-order valence-electron chi connectivity index (χ2n) is 4.22. The molecule has 13 heavy (non-hydrogen) atoms. The third kappa shape index (κ3) is 2.56. The highest BCUT2D eigenvalue weighted by Gasteiger charge is 2.18. The van der Waals surface area contributed by atoms with Crippen LogP contribution in [0.2, 0.25) is 0 Å². The van der Waals surface area contributed by atoms with Gasteiger partial charge in [0.2, 0.25) is 0 Å². The number of rotatable bonds is 3. The average Bonchev–Trinajstić information content (AvgIpc) is 2.05. The van der Waals surface area contributed by atoms with E-state index in [0.717, 1.165) is 6.42 Å². The van der Waals surface area contributed by atoms with Crippen molar-refractivity contribution in [2.75, 3.05) is 6.61 Å². The third-order valence-corrected chi connectivity index (χ3v) is 2.57. The number of aliphatic hydroxyl groups excluding tert-OH is 1. The quantitative estimate of drug-likeness (QED) is 0.754. The number of hydrogen-bond donors (Lipinski definition) is 1. The lowest BCUT2D eigenvalue weighted by Gasteiger charge is -2.24. The molecular formula is C12H18O. The number of hydrogen-bond acceptors (Lipinski definition) is 1. The van der Waals surface area contributed by atoms with Gasteiger partial charge in [0.15, 0.2) is 0 Å². The summed E-state index contributed by atoms with van der Waals surface area (Å²) in [5.74, 6) is 0. The predicted octanol–water partition coefficient (Wildman–Crippen LogP) is 2.66. The molecule has 0 aliphatic heterocycles. The third-order valence-electron chi connectivity index (χ3n) is 2.57. The van der Waals surface area contributed by atoms with Crippen molar-refractivity contribution in [2.45, 2.75) is 32.6 Å². The second kappa shape index (κ2) is 3.93. The highest BCUT2D eigenvalue weighted by molar-refractivity contribution is 5.27. The Bertz CT molecular complexity index is 259. The van der Waals surface area contributed by atoms with Gasteiger partial charge in [-0.05, 0) is 24.3 Å². The topological polar surface area (TPSA) is 20.2 Å². The van der Waals surface area contributed by atoms with Crippen LogP contribution in [0.15, 0.2) is 24.3 Å². The fourth-order valence-corrected chi connectivity index (χ4v) is 1.43. The summed E-state index contributed by atoms with van der Waals surface area (Å²) in [4.78, 5) is 0. The molecule has 0 saturated heterocycles. The first-order chi connectivity index (χ1) is 6.06. The van der Waals surface area contributed by atoms with Gasteiger partial charge in [0.1, 0.15) is 0 Å². The van der Waals surface area contributed by atoms with E-state index in [9.17, 15) is 0 Å². The van der Waals surface area contributed by atoms with Crippen LogP contribution in [-0.4, -0.2) is 11.7 Å². The summed E-state index contributed by atoms with van der Waals surface area (Å²) < 4.78 is 0. The molecule has 0 aromatic heterocycles. The first kappa shape index (κ1) is 10.3. The molecule has 0 aliphatic rings. The van der Waals surface area contributed by atoms with Gasteiger partial charge in [0.25, 0.3) is 0 Å². The molecule has 0 radical (unpaired) electrons. The van der Waals surface area contributed by atoms with Gasteiger partial charge in [-0.2, -0.15) is 0 Å². The summed E-state index contributed by atoms with van der Waals surface area (Å²) in [5, 5.41) is 8.92. The Hall–Kier alpha value is -0.820. The van der Waals surface area contributed by atoms with Gasteiger partial charge in [0.05, 0.1) is 0 Å². The van der Waals surface area contributed by atoms with Crippen molar-refractivity contribution in [3.8, 4) is 0 Å². The molecule has 0 bridgehead atoms. The molecule has 72 valence electrons. The van der Waals surface area contributed by atoms with Gasteiger partial charge in [0, 0.05) is 6.61 Å². The summed E-state index contributed by atoms with van der Waals surface area (Å²) in [6, 6.07) is 8.53. The van der Waals surface area contributed by atoms with Gasteiger partial charge in [-0.25, -0.2) is 0 Å². The molecule has 0 saturated carbocycles. The van der Waals surface area contributed by atoms with Crippen molar-refractivity contribution >= 4 is 0 Å². The van der Waals surface area contributed by atoms with Crippen molar-refractivity contribution < 1.29 is 5.11 Å². The normalized spacial score (nSPS) is 11.7. The van der Waals surface area contributed by atoms with Crippen LogP contribution in [0.4, 0.5) is 0 Å². The fraction of sp³-hybridized carbons (Fsp3) is 0.500. The van der Waals surface area contributed by atoms with Gasteiger partial charge in [-0.15, -0.1) is 0 Å². The molecule has 0 heterocycles. The van der Waals surface area contributed by atoms with Crippen molar-refractivity contribution in [2.24, 2.45) is 0 Å². The molecule has 0 amide bonds. The van der Waals surface area contributed by atoms with Crippen LogP contribution in [0.1, 0.15) is 31.4 Å². The molecule has 1 nitrogen and oxygen atoms in total. The van der Waals surface area contributed by atoms with Crippen LogP contribution in [0.3, 0.4) is 0 Å². The van der Waals surface area contributed by atoms with Crippen LogP contribution in [0.5, 0.6) is 0 Å². The van der Waals surface area contributed by atoms with Crippen LogP contribution < -0.4 is 0 Å². The first-order valence-corrected chi connectivity index (χ1v) is 4.74. The van der Waals surface area contributed by atoms with E-state index in [4.69, 9.17) is 5.11 Å². The highest BCUT2D eigenvalue weighted by Crippen LogP contribution is 2.26. The fourth-order valence-electron chi connectivity index (χ4n) is 1.43. The van der Waals surface area contributed by atoms with E-state index in [2.05, 4.69) is 45.0 Å². The van der Waals surface area contributed by atoms with Crippen LogP contribution in [0, 0.1) is 6.92 Å². The monoisotopic (exact) mass is 178 g/mol. The summed E-state index contributed by atoms with van der Waals surface area (Å²) >= 11 is 0. The lowest BCUT2D eigenvalue weighted by molar-refractivity contribution is 0.252. The summed E-state index contributed by atoms with van der Waals surface area (Å²) in [5.41, 5.74) is 2.67. The van der Waals surface area contributed by atoms with E-state index >= 15 is 0 Å². The zero-order valence-corrected chi connectivity index (χ0v) is 8.67. The highest BCUT2D eigenvalue weighted by atomic mass is 16.3. The Labute approximate surface area is 80.4 Å². The largest absolute Gasteiger partial charge is 0.396 e. The maximum absolute atomic E-state index is 8.92. The summed E-state index contributed by atoms with van der Waals surface area (Å²) in [6.07, 6.45) is 0.816. The Morgan fingerprint density at radius 1 is 1.15 bits per heavy atom. The molecule has 1 aromatic rings. The molecule has 1 heteroatoms. The maximum atomic E-state index is 8.92. The number of aliphatic hydroxyl groups is 1. The zero-order valence-electron chi connectivity index (χ0n) is 8.67. The summed E-state index contributed by atoms with van der Waals surface area (Å²) in [7, 11) is 0. The standard InChI is InChI=1S/C12H18O/c1-10-4-6-11(7-5-10)12(2,3)8-9-13/h4-7,13H,8-9H2,1-3H3. The molecule has 0 aliphatic carbocycles. The van der Waals surface area contributed by atoms with Crippen LogP contribution in [-0.2, 0) is 5.41 Å². The van der Waals surface area contributed by atoms with E-state index < -0.39 is 0 Å². The van der Waals surface area contributed by atoms with Crippen LogP contribution in [0.25, 0.3) is 0 Å². The maximum Gasteiger partial charge on any atom is 0.0439 e. The van der Waals surface area contributed by atoms with Crippen molar-refractivity contribution in [3.63, 3.8) is 0 Å². The number of aryl methyl sites for hydroxylation is 1. The molecule has 0 fully saturated rings. The lowest BCUT2D eigenvalue weighted by atomic mass is 9.82. The van der Waals surface area contributed by atoms with E-state index in [-0.39, 0.29) is 12.0 Å². The molecule has 0 unspecified atom stereocenters. The average molecular weight is 178 g/mol. The molecule has 1 N–H and O–H groups in total. The van der Waals surface area contributed by atoms with Crippen molar-refractivity contribution in [3.05, 3.63) is 35.4 Å². The van der Waals surface area contributed by atoms with Gasteiger partial charge in [-0.3, -0.25) is 0 Å². The zero-order chi connectivity index (χ0) is 9.90. The molecule has 0 atom stereocenters. The first-order valence-electron chi connectivity index (χ1n) is 4.74. The Balaban J connectivity index is 2.87. The molecule has 1 rings (SSSR count).